The van der Waals surface area contributed by atoms with Gasteiger partial charge < -0.3 is 15.4 Å². The second-order valence-electron chi connectivity index (χ2n) is 5.00. The summed E-state index contributed by atoms with van der Waals surface area (Å²) in [4.78, 5) is 13.9. The molecule has 2 N–H and O–H groups in total. The molecule has 0 aromatic heterocycles. The Labute approximate surface area is 113 Å². The third-order valence-corrected chi connectivity index (χ3v) is 3.06. The van der Waals surface area contributed by atoms with Gasteiger partial charge in [-0.1, -0.05) is 12.1 Å². The lowest BCUT2D eigenvalue weighted by atomic mass is 10.2. The van der Waals surface area contributed by atoms with Crippen LogP contribution < -0.4 is 5.73 Å². The average molecular weight is 260 g/mol. The Kier molecular flexibility index (Phi) is 4.22. The summed E-state index contributed by atoms with van der Waals surface area (Å²) in [7, 11) is 0. The van der Waals surface area contributed by atoms with Gasteiger partial charge in [-0.2, -0.15) is 0 Å². The molecule has 4 nitrogen and oxygen atoms in total. The summed E-state index contributed by atoms with van der Waals surface area (Å²) in [6.07, 6.45) is 3.57. The lowest BCUT2D eigenvalue weighted by Crippen LogP contribution is -2.47. The molecule has 0 spiro atoms. The van der Waals surface area contributed by atoms with Crippen LogP contribution in [0.4, 0.5) is 5.69 Å². The Balaban J connectivity index is 2.00. The maximum Gasteiger partial charge on any atom is 0.246 e. The number of morpholine rings is 1. The second kappa shape index (κ2) is 5.89. The molecule has 19 heavy (non-hydrogen) atoms. The van der Waals surface area contributed by atoms with E-state index in [2.05, 4.69) is 0 Å². The summed E-state index contributed by atoms with van der Waals surface area (Å²) in [5.41, 5.74) is 7.33. The molecule has 1 heterocycles. The zero-order valence-electron chi connectivity index (χ0n) is 11.4. The summed E-state index contributed by atoms with van der Waals surface area (Å²) in [5, 5.41) is 0. The maximum atomic E-state index is 12.1. The van der Waals surface area contributed by atoms with Crippen LogP contribution in [-0.4, -0.2) is 36.1 Å². The highest BCUT2D eigenvalue weighted by Crippen LogP contribution is 2.12. The van der Waals surface area contributed by atoms with Crippen molar-refractivity contribution < 1.29 is 9.53 Å². The van der Waals surface area contributed by atoms with Gasteiger partial charge in [0, 0.05) is 24.9 Å². The van der Waals surface area contributed by atoms with Crippen LogP contribution in [0.25, 0.3) is 6.08 Å². The number of rotatable bonds is 2. The van der Waals surface area contributed by atoms with E-state index in [1.807, 2.05) is 43.0 Å². The number of carbonyl (C=O) groups excluding carboxylic acids is 1. The van der Waals surface area contributed by atoms with Crippen molar-refractivity contribution in [2.24, 2.45) is 0 Å². The molecule has 1 aromatic carbocycles. The highest BCUT2D eigenvalue weighted by atomic mass is 16.5. The van der Waals surface area contributed by atoms with Crippen molar-refractivity contribution in [3.05, 3.63) is 35.9 Å². The van der Waals surface area contributed by atoms with Crippen molar-refractivity contribution in [2.75, 3.05) is 18.8 Å². The van der Waals surface area contributed by atoms with Gasteiger partial charge in [-0.05, 0) is 37.6 Å². The van der Waals surface area contributed by atoms with Crippen LogP contribution in [0.5, 0.6) is 0 Å². The van der Waals surface area contributed by atoms with Gasteiger partial charge in [0.05, 0.1) is 12.2 Å². The summed E-state index contributed by atoms with van der Waals surface area (Å²) in [5.74, 6) is 0.0180. The first-order valence-corrected chi connectivity index (χ1v) is 6.52. The number of nitrogen functional groups attached to an aromatic ring is 1. The van der Waals surface area contributed by atoms with Crippen molar-refractivity contribution >= 4 is 17.7 Å². The minimum atomic E-state index is 0.0180. The maximum absolute atomic E-state index is 12.1. The third-order valence-electron chi connectivity index (χ3n) is 3.06. The van der Waals surface area contributed by atoms with Gasteiger partial charge in [-0.15, -0.1) is 0 Å². The lowest BCUT2D eigenvalue weighted by Gasteiger charge is -2.34. The van der Waals surface area contributed by atoms with Gasteiger partial charge in [-0.3, -0.25) is 4.79 Å². The molecule has 1 aliphatic rings. The smallest absolute Gasteiger partial charge is 0.246 e. The monoisotopic (exact) mass is 260 g/mol. The average Bonchev–Trinajstić information content (AvgIpc) is 2.35. The molecule has 1 aromatic rings. The molecule has 0 saturated carbocycles. The summed E-state index contributed by atoms with van der Waals surface area (Å²) >= 11 is 0. The Morgan fingerprint density at radius 2 is 2.05 bits per heavy atom. The van der Waals surface area contributed by atoms with Crippen LogP contribution in [0, 0.1) is 0 Å². The van der Waals surface area contributed by atoms with Gasteiger partial charge >= 0.3 is 0 Å². The molecule has 2 rings (SSSR count). The van der Waals surface area contributed by atoms with E-state index in [4.69, 9.17) is 10.5 Å². The standard InChI is InChI=1S/C15H20N2O2/c1-11-9-17(10-12(2)19-11)15(18)7-6-13-4-3-5-14(16)8-13/h3-8,11-12H,9-10,16H2,1-2H3/b7-6+. The van der Waals surface area contributed by atoms with Crippen molar-refractivity contribution in [1.29, 1.82) is 0 Å². The number of hydrogen-bond acceptors (Lipinski definition) is 3. The molecule has 1 saturated heterocycles. The van der Waals surface area contributed by atoms with E-state index in [-0.39, 0.29) is 18.1 Å². The molecule has 0 bridgehead atoms. The second-order valence-corrected chi connectivity index (χ2v) is 5.00. The van der Waals surface area contributed by atoms with Crippen molar-refractivity contribution in [3.63, 3.8) is 0 Å². The molecule has 2 unspecified atom stereocenters. The predicted molar refractivity (Wildman–Crippen MR) is 76.5 cm³/mol. The zero-order chi connectivity index (χ0) is 13.8. The SMILES string of the molecule is CC1CN(C(=O)/C=C/c2cccc(N)c2)CC(C)O1. The molecule has 0 radical (unpaired) electrons. The topological polar surface area (TPSA) is 55.6 Å². The van der Waals surface area contributed by atoms with E-state index in [1.165, 1.54) is 0 Å². The van der Waals surface area contributed by atoms with Gasteiger partial charge in [0.15, 0.2) is 0 Å². The zero-order valence-corrected chi connectivity index (χ0v) is 11.4. The van der Waals surface area contributed by atoms with E-state index in [9.17, 15) is 4.79 Å². The van der Waals surface area contributed by atoms with Crippen LogP contribution in [0.2, 0.25) is 0 Å². The Morgan fingerprint density at radius 3 is 2.68 bits per heavy atom. The van der Waals surface area contributed by atoms with E-state index < -0.39 is 0 Å². The van der Waals surface area contributed by atoms with E-state index in [1.54, 1.807) is 12.2 Å². The molecule has 0 aliphatic carbocycles. The fourth-order valence-electron chi connectivity index (χ4n) is 2.29. The minimum absolute atomic E-state index is 0.0180. The summed E-state index contributed by atoms with van der Waals surface area (Å²) in [6.45, 7) is 5.25. The Hall–Kier alpha value is -1.81. The number of ether oxygens (including phenoxy) is 1. The Morgan fingerprint density at radius 1 is 1.37 bits per heavy atom. The Bertz CT molecular complexity index is 475. The number of benzene rings is 1. The van der Waals surface area contributed by atoms with Crippen LogP contribution in [0.3, 0.4) is 0 Å². The predicted octanol–water partition coefficient (Wildman–Crippen LogP) is 1.92. The minimum Gasteiger partial charge on any atom is -0.399 e. The molecule has 1 aliphatic heterocycles. The largest absolute Gasteiger partial charge is 0.399 e. The fourth-order valence-corrected chi connectivity index (χ4v) is 2.29. The molecule has 1 fully saturated rings. The molecule has 1 amide bonds. The molecule has 2 atom stereocenters. The number of nitrogens with zero attached hydrogens (tertiary/aromatic N) is 1. The van der Waals surface area contributed by atoms with Crippen molar-refractivity contribution in [2.45, 2.75) is 26.1 Å². The highest BCUT2D eigenvalue weighted by molar-refractivity contribution is 5.92. The van der Waals surface area contributed by atoms with Crippen LogP contribution in [-0.2, 0) is 9.53 Å². The van der Waals surface area contributed by atoms with Gasteiger partial charge in [0.1, 0.15) is 0 Å². The summed E-state index contributed by atoms with van der Waals surface area (Å²) < 4.78 is 5.61. The number of hydrogen-bond donors (Lipinski definition) is 1. The van der Waals surface area contributed by atoms with Crippen LogP contribution in [0.15, 0.2) is 30.3 Å². The lowest BCUT2D eigenvalue weighted by molar-refractivity contribution is -0.137. The first kappa shape index (κ1) is 13.6. The van der Waals surface area contributed by atoms with E-state index in [0.29, 0.717) is 18.8 Å². The molecule has 4 heteroatoms. The molecule has 102 valence electrons. The highest BCUT2D eigenvalue weighted by Gasteiger charge is 2.24. The number of amides is 1. The number of nitrogens with two attached hydrogens (primary N) is 1. The van der Waals surface area contributed by atoms with Gasteiger partial charge in [0.25, 0.3) is 0 Å². The van der Waals surface area contributed by atoms with Crippen LogP contribution >= 0.6 is 0 Å². The third kappa shape index (κ3) is 3.83. The fraction of sp³-hybridized carbons (Fsp3) is 0.400. The molecular weight excluding hydrogens is 240 g/mol. The number of carbonyl (C=O) groups is 1. The van der Waals surface area contributed by atoms with Gasteiger partial charge in [0.2, 0.25) is 5.91 Å². The quantitative estimate of drug-likeness (QED) is 0.653. The number of anilines is 1. The summed E-state index contributed by atoms with van der Waals surface area (Å²) in [6, 6.07) is 7.46. The first-order chi connectivity index (χ1) is 9.04. The normalized spacial score (nSPS) is 23.8. The van der Waals surface area contributed by atoms with E-state index in [0.717, 1.165) is 5.56 Å². The van der Waals surface area contributed by atoms with Crippen molar-refractivity contribution in [1.82, 2.24) is 4.90 Å². The van der Waals surface area contributed by atoms with Crippen molar-refractivity contribution in [3.8, 4) is 0 Å². The first-order valence-electron chi connectivity index (χ1n) is 6.52. The van der Waals surface area contributed by atoms with Crippen LogP contribution in [0.1, 0.15) is 19.4 Å². The van der Waals surface area contributed by atoms with E-state index >= 15 is 0 Å². The molecular formula is C15H20N2O2. The van der Waals surface area contributed by atoms with Gasteiger partial charge in [-0.25, -0.2) is 0 Å².